The van der Waals surface area contributed by atoms with Gasteiger partial charge in [0.2, 0.25) is 0 Å². The molecule has 1 saturated heterocycles. The van der Waals surface area contributed by atoms with Gasteiger partial charge in [-0.1, -0.05) is 36.9 Å². The summed E-state index contributed by atoms with van der Waals surface area (Å²) in [6.45, 7) is 2.25. The van der Waals surface area contributed by atoms with Crippen molar-refractivity contribution in [1.29, 1.82) is 0 Å². The van der Waals surface area contributed by atoms with Crippen molar-refractivity contribution in [2.75, 3.05) is 12.9 Å². The molecule has 0 unspecified atom stereocenters. The summed E-state index contributed by atoms with van der Waals surface area (Å²) in [5, 5.41) is 1.16. The van der Waals surface area contributed by atoms with Gasteiger partial charge in [-0.2, -0.15) is 0 Å². The Balaban J connectivity index is 1.79. The van der Waals surface area contributed by atoms with E-state index < -0.39 is 0 Å². The quantitative estimate of drug-likeness (QED) is 0.841. The Kier molecular flexibility index (Phi) is 4.19. The zero-order valence-electron chi connectivity index (χ0n) is 13.9. The predicted molar refractivity (Wildman–Crippen MR) is 98.5 cm³/mol. The van der Waals surface area contributed by atoms with Crippen molar-refractivity contribution in [2.24, 2.45) is 4.99 Å². The number of hydrogen-bond acceptors (Lipinski definition) is 5. The van der Waals surface area contributed by atoms with Gasteiger partial charge >= 0.3 is 0 Å². The third-order valence-corrected chi connectivity index (χ3v) is 5.89. The van der Waals surface area contributed by atoms with Crippen LogP contribution in [0.3, 0.4) is 0 Å². The van der Waals surface area contributed by atoms with E-state index in [-0.39, 0.29) is 12.1 Å². The highest BCUT2D eigenvalue weighted by atomic mass is 32.2. The van der Waals surface area contributed by atoms with E-state index in [0.717, 1.165) is 28.8 Å². The van der Waals surface area contributed by atoms with Gasteiger partial charge in [-0.15, -0.1) is 0 Å². The molecular weight excluding hydrogens is 318 g/mol. The summed E-state index contributed by atoms with van der Waals surface area (Å²) >= 11 is 1.87. The molecule has 124 valence electrons. The number of benzene rings is 1. The molecule has 1 fully saturated rings. The third kappa shape index (κ3) is 2.57. The van der Waals surface area contributed by atoms with Gasteiger partial charge in [-0.25, -0.2) is 0 Å². The average molecular weight is 339 g/mol. The SMILES string of the molecule is CC[C@@H]1CSC2=N[C@H](c3ccccn3)[C@@H](c3cccc(OC)c3)N21. The van der Waals surface area contributed by atoms with Crippen LogP contribution < -0.4 is 4.74 Å². The van der Waals surface area contributed by atoms with E-state index in [9.17, 15) is 0 Å². The fourth-order valence-corrected chi connectivity index (χ4v) is 4.87. The normalized spacial score (nSPS) is 25.5. The lowest BCUT2D eigenvalue weighted by atomic mass is 9.95. The zero-order chi connectivity index (χ0) is 16.5. The Hall–Kier alpha value is -2.01. The van der Waals surface area contributed by atoms with Gasteiger partial charge in [0.05, 0.1) is 18.8 Å². The second-order valence-electron chi connectivity index (χ2n) is 6.11. The van der Waals surface area contributed by atoms with Crippen molar-refractivity contribution in [2.45, 2.75) is 31.5 Å². The monoisotopic (exact) mass is 339 g/mol. The molecule has 0 spiro atoms. The van der Waals surface area contributed by atoms with Crippen LogP contribution in [-0.2, 0) is 0 Å². The number of methoxy groups -OCH3 is 1. The minimum atomic E-state index is 0.0372. The smallest absolute Gasteiger partial charge is 0.160 e. The lowest BCUT2D eigenvalue weighted by molar-refractivity contribution is 0.254. The van der Waals surface area contributed by atoms with E-state index in [1.54, 1.807) is 7.11 Å². The molecule has 4 nitrogen and oxygen atoms in total. The number of amidine groups is 1. The second-order valence-corrected chi connectivity index (χ2v) is 7.10. The molecule has 0 N–H and O–H groups in total. The van der Waals surface area contributed by atoms with E-state index in [2.05, 4.69) is 41.1 Å². The summed E-state index contributed by atoms with van der Waals surface area (Å²) in [5.74, 6) is 2.01. The number of hydrogen-bond donors (Lipinski definition) is 0. The molecule has 1 aromatic heterocycles. The molecule has 2 aliphatic heterocycles. The molecule has 0 bridgehead atoms. The largest absolute Gasteiger partial charge is 0.497 e. The van der Waals surface area contributed by atoms with Crippen LogP contribution >= 0.6 is 11.8 Å². The topological polar surface area (TPSA) is 37.7 Å². The fourth-order valence-electron chi connectivity index (χ4n) is 3.54. The average Bonchev–Trinajstić information content (AvgIpc) is 3.21. The summed E-state index contributed by atoms with van der Waals surface area (Å²) in [5.41, 5.74) is 2.27. The summed E-state index contributed by atoms with van der Waals surface area (Å²) < 4.78 is 5.44. The van der Waals surface area contributed by atoms with Crippen LogP contribution in [0.4, 0.5) is 0 Å². The molecule has 0 saturated carbocycles. The summed E-state index contributed by atoms with van der Waals surface area (Å²) in [7, 11) is 1.71. The highest BCUT2D eigenvalue weighted by Gasteiger charge is 2.45. The molecular formula is C19H21N3OS. The molecule has 2 aliphatic rings. The minimum absolute atomic E-state index is 0.0372. The van der Waals surface area contributed by atoms with E-state index in [1.807, 2.05) is 36.2 Å². The van der Waals surface area contributed by atoms with Crippen LogP contribution in [0.25, 0.3) is 0 Å². The second kappa shape index (κ2) is 6.48. The predicted octanol–water partition coefficient (Wildman–Crippen LogP) is 4.07. The van der Waals surface area contributed by atoms with Crippen molar-refractivity contribution in [3.05, 3.63) is 59.9 Å². The molecule has 2 aromatic rings. The van der Waals surface area contributed by atoms with Gasteiger partial charge in [0, 0.05) is 18.0 Å². The van der Waals surface area contributed by atoms with Gasteiger partial charge in [0.25, 0.3) is 0 Å². The molecule has 3 heterocycles. The van der Waals surface area contributed by atoms with Gasteiger partial charge in [0.15, 0.2) is 5.17 Å². The summed E-state index contributed by atoms with van der Waals surface area (Å²) in [4.78, 5) is 12.1. The zero-order valence-corrected chi connectivity index (χ0v) is 14.7. The van der Waals surface area contributed by atoms with E-state index >= 15 is 0 Å². The lowest BCUT2D eigenvalue weighted by Crippen LogP contribution is -2.35. The van der Waals surface area contributed by atoms with E-state index in [1.165, 1.54) is 5.56 Å². The lowest BCUT2D eigenvalue weighted by Gasteiger charge is -2.32. The number of ether oxygens (including phenoxy) is 1. The van der Waals surface area contributed by atoms with Crippen molar-refractivity contribution >= 4 is 16.9 Å². The maximum absolute atomic E-state index is 5.44. The number of fused-ring (bicyclic) bond motifs is 1. The van der Waals surface area contributed by atoms with Gasteiger partial charge in [-0.05, 0) is 36.2 Å². The highest BCUT2D eigenvalue weighted by Crippen LogP contribution is 2.48. The number of aromatic nitrogens is 1. The molecule has 24 heavy (non-hydrogen) atoms. The van der Waals surface area contributed by atoms with Crippen LogP contribution in [0.15, 0.2) is 53.7 Å². The van der Waals surface area contributed by atoms with Crippen LogP contribution in [-0.4, -0.2) is 34.0 Å². The maximum Gasteiger partial charge on any atom is 0.160 e. The Morgan fingerprint density at radius 1 is 1.25 bits per heavy atom. The van der Waals surface area contributed by atoms with Crippen molar-refractivity contribution in [1.82, 2.24) is 9.88 Å². The number of rotatable bonds is 4. The van der Waals surface area contributed by atoms with E-state index in [4.69, 9.17) is 9.73 Å². The molecule has 5 heteroatoms. The van der Waals surface area contributed by atoms with Gasteiger partial charge < -0.3 is 9.64 Å². The Bertz CT molecular complexity index is 749. The minimum Gasteiger partial charge on any atom is -0.497 e. The maximum atomic E-state index is 5.44. The van der Waals surface area contributed by atoms with Crippen LogP contribution in [0.5, 0.6) is 5.75 Å². The van der Waals surface area contributed by atoms with Crippen LogP contribution in [0.1, 0.15) is 36.7 Å². The first-order valence-electron chi connectivity index (χ1n) is 8.35. The van der Waals surface area contributed by atoms with Crippen LogP contribution in [0, 0.1) is 0 Å². The van der Waals surface area contributed by atoms with Crippen LogP contribution in [0.2, 0.25) is 0 Å². The number of aliphatic imine (C=N–C) groups is 1. The molecule has 0 amide bonds. The molecule has 3 atom stereocenters. The van der Waals surface area contributed by atoms with Gasteiger partial charge in [0.1, 0.15) is 11.8 Å². The third-order valence-electron chi connectivity index (χ3n) is 4.76. The van der Waals surface area contributed by atoms with E-state index in [0.29, 0.717) is 6.04 Å². The highest BCUT2D eigenvalue weighted by molar-refractivity contribution is 8.14. The number of pyridine rings is 1. The molecule has 1 aromatic carbocycles. The fraction of sp³-hybridized carbons (Fsp3) is 0.368. The Morgan fingerprint density at radius 3 is 2.92 bits per heavy atom. The number of thioether (sulfide) groups is 1. The first-order chi connectivity index (χ1) is 11.8. The standard InChI is InChI=1S/C19H21N3OS/c1-3-14-12-24-19-21-17(16-9-4-5-10-20-16)18(22(14)19)13-7-6-8-15(11-13)23-2/h4-11,14,17-18H,3,12H2,1-2H3/t14-,17-,18-/m1/s1. The first-order valence-corrected chi connectivity index (χ1v) is 9.34. The van der Waals surface area contributed by atoms with Crippen molar-refractivity contribution in [3.8, 4) is 5.75 Å². The molecule has 0 radical (unpaired) electrons. The Morgan fingerprint density at radius 2 is 2.17 bits per heavy atom. The summed E-state index contributed by atoms with van der Waals surface area (Å²) in [6.07, 6.45) is 2.98. The van der Waals surface area contributed by atoms with Crippen molar-refractivity contribution < 1.29 is 4.74 Å². The first kappa shape index (κ1) is 15.5. The van der Waals surface area contributed by atoms with Gasteiger partial charge in [-0.3, -0.25) is 9.98 Å². The van der Waals surface area contributed by atoms with Crippen molar-refractivity contribution in [3.63, 3.8) is 0 Å². The number of nitrogens with zero attached hydrogens (tertiary/aromatic N) is 3. The summed E-state index contributed by atoms with van der Waals surface area (Å²) in [6, 6.07) is 15.2. The molecule has 4 rings (SSSR count). The molecule has 0 aliphatic carbocycles. The Labute approximate surface area is 147 Å².